The first-order valence-corrected chi connectivity index (χ1v) is 5.14. The minimum atomic E-state index is -0.123. The minimum absolute atomic E-state index is 0.123. The van der Waals surface area contributed by atoms with Gasteiger partial charge in [-0.2, -0.15) is 0 Å². The molecule has 1 aromatic rings. The van der Waals surface area contributed by atoms with Gasteiger partial charge < -0.3 is 15.5 Å². The molecule has 0 aliphatic rings. The predicted octanol–water partition coefficient (Wildman–Crippen LogP) is 0.813. The molecule has 0 aliphatic carbocycles. The van der Waals surface area contributed by atoms with Gasteiger partial charge in [0.25, 0.3) is 0 Å². The van der Waals surface area contributed by atoms with Crippen LogP contribution in [0.5, 0.6) is 0 Å². The number of carbonyl (C=O) groups excluding carboxylic acids is 1. The summed E-state index contributed by atoms with van der Waals surface area (Å²) in [6.45, 7) is 1.09. The first-order chi connectivity index (χ1) is 7.59. The number of hydrogen-bond donors (Lipinski definition) is 2. The second-order valence-electron chi connectivity index (χ2n) is 3.28. The van der Waals surface area contributed by atoms with E-state index in [-0.39, 0.29) is 6.03 Å². The first kappa shape index (κ1) is 12.5. The number of urea groups is 1. The van der Waals surface area contributed by atoms with Crippen LogP contribution in [0.4, 0.5) is 10.6 Å². The summed E-state index contributed by atoms with van der Waals surface area (Å²) in [5, 5.41) is 6.11. The predicted molar refractivity (Wildman–Crippen MR) is 62.6 cm³/mol. The Morgan fingerprint density at radius 3 is 2.81 bits per heavy atom. The maximum Gasteiger partial charge on any atom is 0.316 e. The number of rotatable bonds is 4. The highest BCUT2D eigenvalue weighted by Crippen LogP contribution is 2.07. The van der Waals surface area contributed by atoms with Crippen molar-refractivity contribution in [1.29, 1.82) is 0 Å². The second-order valence-corrected chi connectivity index (χ2v) is 3.67. The summed E-state index contributed by atoms with van der Waals surface area (Å²) in [4.78, 5) is 20.3. The van der Waals surface area contributed by atoms with E-state index in [9.17, 15) is 4.79 Å². The zero-order valence-electron chi connectivity index (χ0n) is 9.20. The maximum absolute atomic E-state index is 11.1. The molecule has 6 nitrogen and oxygen atoms in total. The van der Waals surface area contributed by atoms with Gasteiger partial charge in [-0.1, -0.05) is 11.6 Å². The molecule has 0 aromatic carbocycles. The van der Waals surface area contributed by atoms with Crippen molar-refractivity contribution >= 4 is 23.4 Å². The van der Waals surface area contributed by atoms with E-state index in [0.717, 1.165) is 0 Å². The van der Waals surface area contributed by atoms with Gasteiger partial charge in [-0.3, -0.25) is 0 Å². The van der Waals surface area contributed by atoms with Gasteiger partial charge >= 0.3 is 6.03 Å². The molecular formula is C9H14ClN5O. The van der Waals surface area contributed by atoms with Crippen molar-refractivity contribution in [3.63, 3.8) is 0 Å². The molecule has 0 fully saturated rings. The molecule has 88 valence electrons. The van der Waals surface area contributed by atoms with Crippen molar-refractivity contribution in [3.05, 3.63) is 17.5 Å². The third-order valence-corrected chi connectivity index (χ3v) is 1.95. The minimum Gasteiger partial charge on any atom is -0.368 e. The molecule has 0 atom stereocenters. The normalized spacial score (nSPS) is 9.69. The Balaban J connectivity index is 2.23. The molecule has 1 heterocycles. The van der Waals surface area contributed by atoms with E-state index >= 15 is 0 Å². The van der Waals surface area contributed by atoms with Crippen molar-refractivity contribution < 1.29 is 4.79 Å². The molecule has 16 heavy (non-hydrogen) atoms. The van der Waals surface area contributed by atoms with E-state index in [1.165, 1.54) is 11.2 Å². The van der Waals surface area contributed by atoms with Crippen molar-refractivity contribution in [2.75, 3.05) is 32.5 Å². The highest BCUT2D eigenvalue weighted by molar-refractivity contribution is 6.29. The number of aromatic nitrogens is 2. The molecule has 2 amide bonds. The van der Waals surface area contributed by atoms with E-state index in [1.807, 2.05) is 0 Å². The molecule has 7 heteroatoms. The standard InChI is InChI=1S/C9H14ClN5O/c1-15(2)9(16)12-4-3-11-8-5-7(10)13-6-14-8/h5-6H,3-4H2,1-2H3,(H,12,16)(H,11,13,14). The van der Waals surface area contributed by atoms with Crippen LogP contribution in [0.15, 0.2) is 12.4 Å². The van der Waals surface area contributed by atoms with Crippen LogP contribution in [-0.4, -0.2) is 48.1 Å². The van der Waals surface area contributed by atoms with Gasteiger partial charge in [0.2, 0.25) is 0 Å². The number of amides is 2. The average molecular weight is 244 g/mol. The topological polar surface area (TPSA) is 70.2 Å². The van der Waals surface area contributed by atoms with E-state index < -0.39 is 0 Å². The molecule has 0 bridgehead atoms. The molecule has 0 unspecified atom stereocenters. The summed E-state index contributed by atoms with van der Waals surface area (Å²) in [6.07, 6.45) is 1.38. The van der Waals surface area contributed by atoms with Crippen molar-refractivity contribution in [3.8, 4) is 0 Å². The molecule has 0 spiro atoms. The monoisotopic (exact) mass is 243 g/mol. The van der Waals surface area contributed by atoms with Crippen molar-refractivity contribution in [2.24, 2.45) is 0 Å². The Kier molecular flexibility index (Phi) is 4.78. The molecule has 0 saturated heterocycles. The van der Waals surface area contributed by atoms with Gasteiger partial charge in [-0.05, 0) is 0 Å². The zero-order valence-corrected chi connectivity index (χ0v) is 9.95. The number of nitrogens with one attached hydrogen (secondary N) is 2. The Morgan fingerprint density at radius 2 is 2.19 bits per heavy atom. The van der Waals surface area contributed by atoms with Crippen LogP contribution in [0.3, 0.4) is 0 Å². The van der Waals surface area contributed by atoms with Gasteiger partial charge in [0, 0.05) is 33.3 Å². The fraction of sp³-hybridized carbons (Fsp3) is 0.444. The van der Waals surface area contributed by atoms with E-state index in [2.05, 4.69) is 20.6 Å². The van der Waals surface area contributed by atoms with E-state index in [0.29, 0.717) is 24.1 Å². The Labute approximate surface area is 99.0 Å². The lowest BCUT2D eigenvalue weighted by molar-refractivity contribution is 0.218. The third kappa shape index (κ3) is 4.31. The van der Waals surface area contributed by atoms with Gasteiger partial charge in [0.1, 0.15) is 17.3 Å². The zero-order chi connectivity index (χ0) is 12.0. The Hall–Kier alpha value is -1.56. The van der Waals surface area contributed by atoms with Crippen LogP contribution in [0.2, 0.25) is 5.15 Å². The van der Waals surface area contributed by atoms with Crippen molar-refractivity contribution in [1.82, 2.24) is 20.2 Å². The summed E-state index contributed by atoms with van der Waals surface area (Å²) in [5.41, 5.74) is 0. The number of nitrogens with zero attached hydrogens (tertiary/aromatic N) is 3. The van der Waals surface area contributed by atoms with Crippen LogP contribution in [0.25, 0.3) is 0 Å². The summed E-state index contributed by atoms with van der Waals surface area (Å²) in [7, 11) is 3.37. The Bertz CT molecular complexity index is 358. The highest BCUT2D eigenvalue weighted by Gasteiger charge is 2.01. The molecule has 1 rings (SSSR count). The molecule has 1 aromatic heterocycles. The van der Waals surface area contributed by atoms with Crippen molar-refractivity contribution in [2.45, 2.75) is 0 Å². The Morgan fingerprint density at radius 1 is 1.44 bits per heavy atom. The summed E-state index contributed by atoms with van der Waals surface area (Å²) in [6, 6.07) is 1.50. The summed E-state index contributed by atoms with van der Waals surface area (Å²) >= 11 is 5.68. The molecule has 2 N–H and O–H groups in total. The van der Waals surface area contributed by atoms with Gasteiger partial charge in [-0.25, -0.2) is 14.8 Å². The fourth-order valence-electron chi connectivity index (χ4n) is 0.948. The molecule has 0 radical (unpaired) electrons. The van der Waals surface area contributed by atoms with Crippen LogP contribution in [-0.2, 0) is 0 Å². The van der Waals surface area contributed by atoms with Gasteiger partial charge in [0.05, 0.1) is 0 Å². The van der Waals surface area contributed by atoms with Crippen LogP contribution in [0.1, 0.15) is 0 Å². The van der Waals surface area contributed by atoms with Gasteiger partial charge in [0.15, 0.2) is 0 Å². The smallest absolute Gasteiger partial charge is 0.316 e. The first-order valence-electron chi connectivity index (χ1n) is 4.76. The van der Waals surface area contributed by atoms with Crippen LogP contribution in [0, 0.1) is 0 Å². The highest BCUT2D eigenvalue weighted by atomic mass is 35.5. The lowest BCUT2D eigenvalue weighted by Crippen LogP contribution is -2.37. The summed E-state index contributed by atoms with van der Waals surface area (Å²) < 4.78 is 0. The molecular weight excluding hydrogens is 230 g/mol. The SMILES string of the molecule is CN(C)C(=O)NCCNc1cc(Cl)ncn1. The summed E-state index contributed by atoms with van der Waals surface area (Å²) in [5.74, 6) is 0.638. The van der Waals surface area contributed by atoms with Crippen LogP contribution >= 0.6 is 11.6 Å². The fourth-order valence-corrected chi connectivity index (χ4v) is 1.10. The van der Waals surface area contributed by atoms with Crippen LogP contribution < -0.4 is 10.6 Å². The lowest BCUT2D eigenvalue weighted by Gasteiger charge is -2.12. The molecule has 0 aliphatic heterocycles. The van der Waals surface area contributed by atoms with E-state index in [1.54, 1.807) is 20.2 Å². The maximum atomic E-state index is 11.1. The number of anilines is 1. The van der Waals surface area contributed by atoms with Gasteiger partial charge in [-0.15, -0.1) is 0 Å². The quantitative estimate of drug-likeness (QED) is 0.607. The number of halogens is 1. The van der Waals surface area contributed by atoms with E-state index in [4.69, 9.17) is 11.6 Å². The third-order valence-electron chi connectivity index (χ3n) is 1.75. The number of hydrogen-bond acceptors (Lipinski definition) is 4. The average Bonchev–Trinajstić information content (AvgIpc) is 2.24. The molecule has 0 saturated carbocycles. The lowest BCUT2D eigenvalue weighted by atomic mass is 10.5. The largest absolute Gasteiger partial charge is 0.368 e. The second kappa shape index (κ2) is 6.12. The number of carbonyl (C=O) groups is 1.